The number of halogens is 1. The van der Waals surface area contributed by atoms with E-state index in [-0.39, 0.29) is 0 Å². The molecule has 19 heavy (non-hydrogen) atoms. The molecule has 1 heterocycles. The van der Waals surface area contributed by atoms with E-state index in [0.29, 0.717) is 5.02 Å². The lowest BCUT2D eigenvalue weighted by Gasteiger charge is -2.06. The standard InChI is InChI=1S/C16H13ClN2/c1-11-3-2-4-12(9-11)14-10-13(5-6-15(14)17)16-18-7-8-19-16/h2-4,9-10H,7-8H2,1H3,(H,18,19). The van der Waals surface area contributed by atoms with Crippen LogP contribution in [0.4, 0.5) is 0 Å². The summed E-state index contributed by atoms with van der Waals surface area (Å²) in [6.45, 7) is 3.76. The van der Waals surface area contributed by atoms with E-state index < -0.39 is 0 Å². The fourth-order valence-corrected chi connectivity index (χ4v) is 2.37. The zero-order chi connectivity index (χ0) is 13.2. The number of aliphatic imine (C=N–C) groups is 1. The number of rotatable bonds is 2. The van der Waals surface area contributed by atoms with Crippen LogP contribution in [-0.4, -0.2) is 18.9 Å². The zero-order valence-electron chi connectivity index (χ0n) is 10.6. The van der Waals surface area contributed by atoms with Crippen molar-refractivity contribution in [1.82, 2.24) is 5.32 Å². The summed E-state index contributed by atoms with van der Waals surface area (Å²) in [5.41, 5.74) is 4.18. The number of amidine groups is 1. The Kier molecular flexibility index (Phi) is 3.15. The van der Waals surface area contributed by atoms with E-state index in [2.05, 4.69) is 47.6 Å². The van der Waals surface area contributed by atoms with Crippen molar-refractivity contribution in [3.63, 3.8) is 0 Å². The monoisotopic (exact) mass is 268 g/mol. The first-order chi connectivity index (χ1) is 9.24. The van der Waals surface area contributed by atoms with Crippen molar-refractivity contribution in [2.24, 2.45) is 4.99 Å². The molecular weight excluding hydrogens is 256 g/mol. The van der Waals surface area contributed by atoms with Crippen LogP contribution in [0.15, 0.2) is 35.3 Å². The van der Waals surface area contributed by atoms with Crippen LogP contribution in [0.5, 0.6) is 0 Å². The maximum atomic E-state index is 6.24. The van der Waals surface area contributed by atoms with E-state index >= 15 is 0 Å². The van der Waals surface area contributed by atoms with Gasteiger partial charge in [0, 0.05) is 12.1 Å². The van der Waals surface area contributed by atoms with Crippen molar-refractivity contribution in [2.75, 3.05) is 13.1 Å². The molecule has 2 aromatic rings. The molecule has 3 rings (SSSR count). The summed E-state index contributed by atoms with van der Waals surface area (Å²) >= 11 is 6.24. The van der Waals surface area contributed by atoms with Gasteiger partial charge in [-0.15, -0.1) is 0 Å². The molecule has 0 atom stereocenters. The minimum atomic E-state index is 0.591. The second-order valence-corrected chi connectivity index (χ2v) is 4.94. The largest absolute Gasteiger partial charge is 0.367 e. The third-order valence-corrected chi connectivity index (χ3v) is 3.39. The Morgan fingerprint density at radius 1 is 1.26 bits per heavy atom. The van der Waals surface area contributed by atoms with Crippen molar-refractivity contribution in [2.45, 2.75) is 6.92 Å². The van der Waals surface area contributed by atoms with E-state index in [0.717, 1.165) is 35.6 Å². The molecule has 0 unspecified atom stereocenters. The summed E-state index contributed by atoms with van der Waals surface area (Å²) in [4.78, 5) is 4.40. The molecule has 0 saturated heterocycles. The van der Waals surface area contributed by atoms with E-state index in [4.69, 9.17) is 11.6 Å². The number of hydrogen-bond donors (Lipinski definition) is 1. The Morgan fingerprint density at radius 2 is 2.16 bits per heavy atom. The van der Waals surface area contributed by atoms with E-state index in [1.165, 1.54) is 5.56 Å². The van der Waals surface area contributed by atoms with Crippen LogP contribution >= 0.6 is 11.6 Å². The minimum absolute atomic E-state index is 0.591. The second-order valence-electron chi connectivity index (χ2n) is 4.56. The van der Waals surface area contributed by atoms with Gasteiger partial charge in [0.1, 0.15) is 5.84 Å². The van der Waals surface area contributed by atoms with Gasteiger partial charge >= 0.3 is 0 Å². The van der Waals surface area contributed by atoms with Gasteiger partial charge in [-0.05, 0) is 24.6 Å². The van der Waals surface area contributed by atoms with Gasteiger partial charge in [0.2, 0.25) is 0 Å². The summed E-state index contributed by atoms with van der Waals surface area (Å²) in [6.07, 6.45) is 0. The molecule has 1 aliphatic heterocycles. The summed E-state index contributed by atoms with van der Waals surface area (Å²) in [5.74, 6) is 0.877. The van der Waals surface area contributed by atoms with E-state index in [1.807, 2.05) is 12.1 Å². The molecule has 1 N–H and O–H groups in total. The molecule has 0 spiro atoms. The van der Waals surface area contributed by atoms with Crippen molar-refractivity contribution in [3.05, 3.63) is 58.6 Å². The smallest absolute Gasteiger partial charge is 0.137 e. The van der Waals surface area contributed by atoms with Crippen LogP contribution < -0.4 is 5.32 Å². The highest BCUT2D eigenvalue weighted by Crippen LogP contribution is 2.27. The second kappa shape index (κ2) is 4.95. The van der Waals surface area contributed by atoms with Gasteiger partial charge in [-0.3, -0.25) is 4.99 Å². The van der Waals surface area contributed by atoms with Crippen molar-refractivity contribution in [3.8, 4) is 11.1 Å². The number of hydrogen-bond acceptors (Lipinski definition) is 2. The van der Waals surface area contributed by atoms with Crippen LogP contribution in [0, 0.1) is 19.1 Å². The van der Waals surface area contributed by atoms with Gasteiger partial charge in [-0.25, -0.2) is 0 Å². The SMILES string of the molecule is Cc1cccc(-c2cc(C3=NCCN3)c#cc2Cl)c1. The van der Waals surface area contributed by atoms with Gasteiger partial charge in [0.15, 0.2) is 0 Å². The molecule has 0 amide bonds. The Hall–Kier alpha value is -1.98. The molecule has 1 aliphatic rings. The molecule has 0 fully saturated rings. The lowest BCUT2D eigenvalue weighted by atomic mass is 10.0. The lowest BCUT2D eigenvalue weighted by molar-refractivity contribution is 0.960. The van der Waals surface area contributed by atoms with Crippen molar-refractivity contribution >= 4 is 17.4 Å². The average molecular weight is 269 g/mol. The predicted octanol–water partition coefficient (Wildman–Crippen LogP) is 3.27. The Bertz CT molecular complexity index is 647. The maximum absolute atomic E-state index is 6.24. The predicted molar refractivity (Wildman–Crippen MR) is 78.7 cm³/mol. The molecule has 2 nitrogen and oxygen atoms in total. The fourth-order valence-electron chi connectivity index (χ4n) is 2.16. The van der Waals surface area contributed by atoms with E-state index in [1.54, 1.807) is 0 Å². The van der Waals surface area contributed by atoms with Crippen LogP contribution in [0.2, 0.25) is 5.02 Å². The first kappa shape index (κ1) is 12.1. The highest BCUT2D eigenvalue weighted by atomic mass is 35.5. The molecule has 0 radical (unpaired) electrons. The van der Waals surface area contributed by atoms with Crippen molar-refractivity contribution in [1.29, 1.82) is 0 Å². The number of nitrogens with one attached hydrogen (secondary N) is 1. The Morgan fingerprint density at radius 3 is 2.89 bits per heavy atom. The third kappa shape index (κ3) is 2.43. The van der Waals surface area contributed by atoms with Crippen LogP contribution in [0.3, 0.4) is 0 Å². The molecule has 94 valence electrons. The first-order valence-corrected chi connectivity index (χ1v) is 6.61. The van der Waals surface area contributed by atoms with Gasteiger partial charge in [0.25, 0.3) is 0 Å². The fraction of sp³-hybridized carbons (Fsp3) is 0.188. The van der Waals surface area contributed by atoms with E-state index in [9.17, 15) is 0 Å². The van der Waals surface area contributed by atoms with Crippen LogP contribution in [0.25, 0.3) is 11.1 Å². The summed E-state index contributed by atoms with van der Waals surface area (Å²) in [6, 6.07) is 16.3. The van der Waals surface area contributed by atoms with Gasteiger partial charge in [-0.2, -0.15) is 0 Å². The average Bonchev–Trinajstić information content (AvgIpc) is 2.93. The summed E-state index contributed by atoms with van der Waals surface area (Å²) < 4.78 is 0. The quantitative estimate of drug-likeness (QED) is 0.888. The molecule has 0 bridgehead atoms. The molecule has 0 saturated carbocycles. The number of nitrogens with zero attached hydrogens (tertiary/aromatic N) is 1. The Balaban J connectivity index is 2.07. The molecular formula is C16H13ClN2. The van der Waals surface area contributed by atoms with Gasteiger partial charge in [-0.1, -0.05) is 47.5 Å². The van der Waals surface area contributed by atoms with Crippen LogP contribution in [0.1, 0.15) is 11.1 Å². The highest BCUT2D eigenvalue weighted by molar-refractivity contribution is 6.33. The molecule has 2 aromatic carbocycles. The summed E-state index contributed by atoms with van der Waals surface area (Å²) in [7, 11) is 0. The third-order valence-electron chi connectivity index (χ3n) is 3.09. The van der Waals surface area contributed by atoms with Gasteiger partial charge in [0.05, 0.1) is 17.1 Å². The lowest BCUT2D eigenvalue weighted by Crippen LogP contribution is -2.19. The zero-order valence-corrected chi connectivity index (χ0v) is 11.4. The highest BCUT2D eigenvalue weighted by Gasteiger charge is 2.11. The first-order valence-electron chi connectivity index (χ1n) is 6.23. The molecule has 0 aliphatic carbocycles. The molecule has 3 heteroatoms. The molecule has 0 aromatic heterocycles. The Labute approximate surface area is 118 Å². The topological polar surface area (TPSA) is 24.4 Å². The van der Waals surface area contributed by atoms with Crippen molar-refractivity contribution < 1.29 is 0 Å². The minimum Gasteiger partial charge on any atom is -0.367 e. The summed E-state index contributed by atoms with van der Waals surface area (Å²) in [5, 5.41) is 3.83. The number of aryl methyl sites for hydroxylation is 1. The number of benzene rings is 1. The van der Waals surface area contributed by atoms with Crippen LogP contribution in [-0.2, 0) is 0 Å². The van der Waals surface area contributed by atoms with Gasteiger partial charge < -0.3 is 5.32 Å². The normalized spacial score (nSPS) is 13.7. The maximum Gasteiger partial charge on any atom is 0.137 e.